The van der Waals surface area contributed by atoms with Crippen molar-refractivity contribution in [1.29, 1.82) is 0 Å². The van der Waals surface area contributed by atoms with E-state index >= 15 is 0 Å². The van der Waals surface area contributed by atoms with E-state index in [0.29, 0.717) is 17.3 Å². The number of hydrogen-bond donors (Lipinski definition) is 2. The van der Waals surface area contributed by atoms with Crippen LogP contribution in [0.4, 0.5) is 10.5 Å². The Morgan fingerprint density at radius 3 is 2.89 bits per heavy atom. The van der Waals surface area contributed by atoms with Gasteiger partial charge in [-0.3, -0.25) is 0 Å². The molecule has 1 aromatic heterocycles. The van der Waals surface area contributed by atoms with E-state index in [4.69, 9.17) is 16.0 Å². The fraction of sp³-hybridized carbons (Fsp3) is 0.154. The van der Waals surface area contributed by atoms with Crippen molar-refractivity contribution in [2.24, 2.45) is 0 Å². The maximum Gasteiger partial charge on any atom is 0.319 e. The van der Waals surface area contributed by atoms with Crippen LogP contribution in [0.2, 0.25) is 5.02 Å². The zero-order valence-electron chi connectivity index (χ0n) is 9.87. The number of carbonyl (C=O) groups is 1. The molecule has 2 amide bonds. The zero-order chi connectivity index (χ0) is 13.0. The number of anilines is 1. The molecular weight excluding hydrogens is 252 g/mol. The highest BCUT2D eigenvalue weighted by Crippen LogP contribution is 2.22. The Kier molecular flexibility index (Phi) is 3.89. The highest BCUT2D eigenvalue weighted by molar-refractivity contribution is 6.33. The Balaban J connectivity index is 1.91. The van der Waals surface area contributed by atoms with Gasteiger partial charge in [0, 0.05) is 12.1 Å². The van der Waals surface area contributed by atoms with Gasteiger partial charge in [0.05, 0.1) is 23.2 Å². The molecule has 0 atom stereocenters. The van der Waals surface area contributed by atoms with E-state index < -0.39 is 0 Å². The fourth-order valence-electron chi connectivity index (χ4n) is 1.46. The molecule has 18 heavy (non-hydrogen) atoms. The van der Waals surface area contributed by atoms with E-state index in [2.05, 4.69) is 10.6 Å². The van der Waals surface area contributed by atoms with Gasteiger partial charge in [-0.2, -0.15) is 0 Å². The number of rotatable bonds is 3. The molecule has 1 aromatic carbocycles. The third-order valence-electron chi connectivity index (χ3n) is 2.41. The molecule has 94 valence electrons. The summed E-state index contributed by atoms with van der Waals surface area (Å²) in [6.07, 6.45) is 3.14. The van der Waals surface area contributed by atoms with Crippen molar-refractivity contribution in [3.05, 3.63) is 52.9 Å². The van der Waals surface area contributed by atoms with E-state index in [0.717, 1.165) is 11.1 Å². The molecule has 0 radical (unpaired) electrons. The number of hydrogen-bond acceptors (Lipinski definition) is 2. The second-order valence-corrected chi connectivity index (χ2v) is 4.33. The van der Waals surface area contributed by atoms with Gasteiger partial charge in [0.1, 0.15) is 0 Å². The fourth-order valence-corrected chi connectivity index (χ4v) is 1.75. The smallest absolute Gasteiger partial charge is 0.319 e. The van der Waals surface area contributed by atoms with Crippen LogP contribution in [0, 0.1) is 6.92 Å². The van der Waals surface area contributed by atoms with Crippen molar-refractivity contribution in [2.45, 2.75) is 13.5 Å². The number of urea groups is 1. The molecule has 0 aliphatic carbocycles. The molecule has 0 aliphatic heterocycles. The van der Waals surface area contributed by atoms with E-state index in [1.165, 1.54) is 0 Å². The second-order valence-electron chi connectivity index (χ2n) is 3.92. The molecule has 0 aliphatic rings. The van der Waals surface area contributed by atoms with Crippen molar-refractivity contribution in [3.8, 4) is 0 Å². The lowest BCUT2D eigenvalue weighted by molar-refractivity contribution is 0.251. The molecule has 5 heteroatoms. The van der Waals surface area contributed by atoms with Crippen LogP contribution in [0.3, 0.4) is 0 Å². The summed E-state index contributed by atoms with van der Waals surface area (Å²) in [7, 11) is 0. The van der Waals surface area contributed by atoms with Gasteiger partial charge < -0.3 is 15.1 Å². The summed E-state index contributed by atoms with van der Waals surface area (Å²) >= 11 is 6.02. The number of amides is 2. The summed E-state index contributed by atoms with van der Waals surface area (Å²) < 4.78 is 4.90. The first-order valence-corrected chi connectivity index (χ1v) is 5.85. The largest absolute Gasteiger partial charge is 0.472 e. The van der Waals surface area contributed by atoms with E-state index in [1.54, 1.807) is 30.7 Å². The van der Waals surface area contributed by atoms with Crippen molar-refractivity contribution >= 4 is 23.3 Å². The Labute approximate surface area is 110 Å². The molecule has 0 unspecified atom stereocenters. The summed E-state index contributed by atoms with van der Waals surface area (Å²) in [5.41, 5.74) is 2.54. The number of benzene rings is 1. The van der Waals surface area contributed by atoms with Gasteiger partial charge in [-0.15, -0.1) is 0 Å². The van der Waals surface area contributed by atoms with Crippen LogP contribution >= 0.6 is 11.6 Å². The molecular formula is C13H13ClN2O2. The summed E-state index contributed by atoms with van der Waals surface area (Å²) in [5.74, 6) is 0. The van der Waals surface area contributed by atoms with Crippen LogP contribution in [0.5, 0.6) is 0 Å². The first-order valence-electron chi connectivity index (χ1n) is 5.47. The minimum atomic E-state index is -0.304. The zero-order valence-corrected chi connectivity index (χ0v) is 10.6. The van der Waals surface area contributed by atoms with E-state index in [-0.39, 0.29) is 6.03 Å². The predicted molar refractivity (Wildman–Crippen MR) is 70.8 cm³/mol. The van der Waals surface area contributed by atoms with Crippen LogP contribution in [-0.4, -0.2) is 6.03 Å². The molecule has 0 saturated heterocycles. The first kappa shape index (κ1) is 12.5. The third-order valence-corrected chi connectivity index (χ3v) is 2.72. The van der Waals surface area contributed by atoms with Crippen molar-refractivity contribution in [1.82, 2.24) is 5.32 Å². The van der Waals surface area contributed by atoms with Crippen molar-refractivity contribution in [2.75, 3.05) is 5.32 Å². The van der Waals surface area contributed by atoms with Gasteiger partial charge in [0.25, 0.3) is 0 Å². The topological polar surface area (TPSA) is 54.3 Å². The molecule has 0 spiro atoms. The molecule has 2 N–H and O–H groups in total. The maximum atomic E-state index is 11.6. The van der Waals surface area contributed by atoms with Crippen molar-refractivity contribution in [3.63, 3.8) is 0 Å². The Morgan fingerprint density at radius 2 is 2.22 bits per heavy atom. The van der Waals surface area contributed by atoms with Crippen LogP contribution in [0.15, 0.2) is 41.2 Å². The average Bonchev–Trinajstić information content (AvgIpc) is 2.83. The lowest BCUT2D eigenvalue weighted by Gasteiger charge is -2.08. The number of aryl methyl sites for hydroxylation is 1. The molecule has 2 rings (SSSR count). The highest BCUT2D eigenvalue weighted by Gasteiger charge is 2.05. The third kappa shape index (κ3) is 3.28. The first-order chi connectivity index (χ1) is 8.65. The number of halogens is 1. The van der Waals surface area contributed by atoms with Gasteiger partial charge in [-0.05, 0) is 30.7 Å². The SMILES string of the molecule is Cc1ccc(NC(=O)NCc2ccoc2)c(Cl)c1. The van der Waals surface area contributed by atoms with Gasteiger partial charge in [-0.1, -0.05) is 17.7 Å². The van der Waals surface area contributed by atoms with Crippen molar-refractivity contribution < 1.29 is 9.21 Å². The lowest BCUT2D eigenvalue weighted by Crippen LogP contribution is -2.28. The second kappa shape index (κ2) is 5.60. The van der Waals surface area contributed by atoms with Gasteiger partial charge in [0.2, 0.25) is 0 Å². The summed E-state index contributed by atoms with van der Waals surface area (Å²) in [6, 6.07) is 6.95. The number of carbonyl (C=O) groups excluding carboxylic acids is 1. The normalized spacial score (nSPS) is 10.1. The summed E-state index contributed by atoms with van der Waals surface area (Å²) in [4.78, 5) is 11.6. The highest BCUT2D eigenvalue weighted by atomic mass is 35.5. The van der Waals surface area contributed by atoms with Crippen LogP contribution in [0.25, 0.3) is 0 Å². The monoisotopic (exact) mass is 264 g/mol. The minimum absolute atomic E-state index is 0.304. The Hall–Kier alpha value is -1.94. The van der Waals surface area contributed by atoms with Crippen LogP contribution < -0.4 is 10.6 Å². The van der Waals surface area contributed by atoms with E-state index in [1.807, 2.05) is 13.0 Å². The summed E-state index contributed by atoms with van der Waals surface area (Å²) in [6.45, 7) is 2.35. The Morgan fingerprint density at radius 1 is 1.39 bits per heavy atom. The Bertz CT molecular complexity index is 538. The number of furan rings is 1. The molecule has 0 fully saturated rings. The standard InChI is InChI=1S/C13H13ClN2O2/c1-9-2-3-12(11(14)6-9)16-13(17)15-7-10-4-5-18-8-10/h2-6,8H,7H2,1H3,(H2,15,16,17). The van der Waals surface area contributed by atoms with Crippen LogP contribution in [-0.2, 0) is 6.54 Å². The molecule has 4 nitrogen and oxygen atoms in total. The summed E-state index contributed by atoms with van der Waals surface area (Å²) in [5, 5.41) is 5.92. The lowest BCUT2D eigenvalue weighted by atomic mass is 10.2. The van der Waals surface area contributed by atoms with Gasteiger partial charge in [-0.25, -0.2) is 4.79 Å². The predicted octanol–water partition coefficient (Wildman–Crippen LogP) is 3.56. The molecule has 1 heterocycles. The van der Waals surface area contributed by atoms with E-state index in [9.17, 15) is 4.79 Å². The number of nitrogens with one attached hydrogen (secondary N) is 2. The van der Waals surface area contributed by atoms with Gasteiger partial charge in [0.15, 0.2) is 0 Å². The molecule has 0 saturated carbocycles. The van der Waals surface area contributed by atoms with Gasteiger partial charge >= 0.3 is 6.03 Å². The average molecular weight is 265 g/mol. The minimum Gasteiger partial charge on any atom is -0.472 e. The van der Waals surface area contributed by atoms with Crippen LogP contribution in [0.1, 0.15) is 11.1 Å². The quantitative estimate of drug-likeness (QED) is 0.891. The molecule has 2 aromatic rings. The maximum absolute atomic E-state index is 11.6. The molecule has 0 bridgehead atoms.